The fourth-order valence-electron chi connectivity index (χ4n) is 3.30. The van der Waals surface area contributed by atoms with Gasteiger partial charge in [0.05, 0.1) is 18.2 Å². The van der Waals surface area contributed by atoms with Gasteiger partial charge in [-0.15, -0.1) is 24.8 Å². The summed E-state index contributed by atoms with van der Waals surface area (Å²) >= 11 is 0. The minimum atomic E-state index is -0.495. The number of hydrogen-bond acceptors (Lipinski definition) is 5. The van der Waals surface area contributed by atoms with Crippen molar-refractivity contribution in [2.45, 2.75) is 24.7 Å². The highest BCUT2D eigenvalue weighted by Crippen LogP contribution is 2.16. The highest BCUT2D eigenvalue weighted by atomic mass is 35.5. The first kappa shape index (κ1) is 22.2. The molecule has 0 saturated carbocycles. The molecule has 3 unspecified atom stereocenters. The Kier molecular flexibility index (Phi) is 9.13. The largest absolute Gasteiger partial charge is 0.392 e. The molecule has 2 aliphatic heterocycles. The number of nitrogens with one attached hydrogen (secondary N) is 1. The van der Waals surface area contributed by atoms with Crippen LogP contribution < -0.4 is 5.32 Å². The lowest BCUT2D eigenvalue weighted by atomic mass is 10.1. The van der Waals surface area contributed by atoms with Gasteiger partial charge in [0.15, 0.2) is 0 Å². The van der Waals surface area contributed by atoms with Gasteiger partial charge in [-0.25, -0.2) is 0 Å². The average Bonchev–Trinajstić information content (AvgIpc) is 3.02. The van der Waals surface area contributed by atoms with Crippen LogP contribution in [-0.2, 0) is 4.79 Å². The van der Waals surface area contributed by atoms with E-state index in [4.69, 9.17) is 0 Å². The van der Waals surface area contributed by atoms with Crippen LogP contribution in [0.3, 0.4) is 0 Å². The van der Waals surface area contributed by atoms with Gasteiger partial charge in [0.1, 0.15) is 0 Å². The Bertz CT molecular complexity index is 527. The Morgan fingerprint density at radius 2 is 1.80 bits per heavy atom. The Hall–Kier alpha value is -0.890. The summed E-state index contributed by atoms with van der Waals surface area (Å²) in [5.74, 6) is 0.0878. The van der Waals surface area contributed by atoms with E-state index in [1.807, 2.05) is 35.2 Å². The molecule has 3 N–H and O–H groups in total. The first-order valence-electron chi connectivity index (χ1n) is 8.29. The van der Waals surface area contributed by atoms with E-state index in [0.717, 1.165) is 18.7 Å². The van der Waals surface area contributed by atoms with Crippen molar-refractivity contribution in [2.75, 3.05) is 39.3 Å². The number of carbonyl (C=O) groups is 1. The number of carbonyl (C=O) groups excluding carboxylic acids is 1. The summed E-state index contributed by atoms with van der Waals surface area (Å²) in [6, 6.07) is 9.42. The molecule has 2 fully saturated rings. The standard InChI is InChI=1S/C17H25N3O3.2ClH/c21-14-10-15(18-11-14)17(23)20-8-6-19(7-9-20)12-16(22)13-4-2-1-3-5-13;;/h1-5,14-16,18,21-22H,6-12H2;2*1H. The van der Waals surface area contributed by atoms with Crippen molar-refractivity contribution in [3.63, 3.8) is 0 Å². The van der Waals surface area contributed by atoms with Gasteiger partial charge in [-0.2, -0.15) is 0 Å². The fraction of sp³-hybridized carbons (Fsp3) is 0.588. The molecule has 1 aromatic rings. The van der Waals surface area contributed by atoms with Crippen molar-refractivity contribution in [1.82, 2.24) is 15.1 Å². The maximum Gasteiger partial charge on any atom is 0.239 e. The van der Waals surface area contributed by atoms with Gasteiger partial charge in [0.2, 0.25) is 5.91 Å². The molecule has 0 aromatic heterocycles. The van der Waals surface area contributed by atoms with E-state index in [0.29, 0.717) is 32.6 Å². The van der Waals surface area contributed by atoms with Crippen LogP contribution in [0.5, 0.6) is 0 Å². The number of β-amino-alcohol motifs (C(OH)–C–C–N with tert-alkyl or cyclic N) is 2. The highest BCUT2D eigenvalue weighted by Gasteiger charge is 2.32. The van der Waals surface area contributed by atoms with Gasteiger partial charge in [-0.3, -0.25) is 9.69 Å². The minimum Gasteiger partial charge on any atom is -0.392 e. The van der Waals surface area contributed by atoms with E-state index in [1.165, 1.54) is 0 Å². The molecule has 2 saturated heterocycles. The van der Waals surface area contributed by atoms with E-state index in [2.05, 4.69) is 10.2 Å². The summed E-state index contributed by atoms with van der Waals surface area (Å²) in [6.07, 6.45) is -0.400. The van der Waals surface area contributed by atoms with Crippen LogP contribution in [0, 0.1) is 0 Å². The molecule has 3 atom stereocenters. The topological polar surface area (TPSA) is 76.0 Å². The molecule has 0 spiro atoms. The average molecular weight is 392 g/mol. The van der Waals surface area contributed by atoms with E-state index in [9.17, 15) is 15.0 Å². The second-order valence-electron chi connectivity index (χ2n) is 6.40. The van der Waals surface area contributed by atoms with E-state index >= 15 is 0 Å². The van der Waals surface area contributed by atoms with Crippen LogP contribution in [0.1, 0.15) is 18.1 Å². The monoisotopic (exact) mass is 391 g/mol. The molecule has 8 heteroatoms. The molecule has 0 radical (unpaired) electrons. The molecule has 0 bridgehead atoms. The third-order valence-corrected chi connectivity index (χ3v) is 4.71. The predicted octanol–water partition coefficient (Wildman–Crippen LogP) is 0.431. The maximum absolute atomic E-state index is 12.4. The molecule has 3 rings (SSSR count). The Labute approximate surface area is 161 Å². The number of halogens is 2. The predicted molar refractivity (Wildman–Crippen MR) is 101 cm³/mol. The third-order valence-electron chi connectivity index (χ3n) is 4.71. The minimum absolute atomic E-state index is 0. The van der Waals surface area contributed by atoms with Crippen molar-refractivity contribution >= 4 is 30.7 Å². The van der Waals surface area contributed by atoms with Crippen molar-refractivity contribution in [1.29, 1.82) is 0 Å². The maximum atomic E-state index is 12.4. The quantitative estimate of drug-likeness (QED) is 0.693. The van der Waals surface area contributed by atoms with Crippen LogP contribution in [0.25, 0.3) is 0 Å². The number of hydrogen-bond donors (Lipinski definition) is 3. The summed E-state index contributed by atoms with van der Waals surface area (Å²) in [5, 5.41) is 22.9. The number of benzene rings is 1. The van der Waals surface area contributed by atoms with Crippen LogP contribution in [0.15, 0.2) is 30.3 Å². The zero-order chi connectivity index (χ0) is 16.2. The first-order valence-corrected chi connectivity index (χ1v) is 8.29. The smallest absolute Gasteiger partial charge is 0.239 e. The lowest BCUT2D eigenvalue weighted by molar-refractivity contribution is -0.135. The number of aliphatic hydroxyl groups is 2. The molecule has 2 heterocycles. The van der Waals surface area contributed by atoms with Gasteiger partial charge < -0.3 is 20.4 Å². The number of rotatable bonds is 4. The summed E-state index contributed by atoms with van der Waals surface area (Å²) in [7, 11) is 0. The highest BCUT2D eigenvalue weighted by molar-refractivity contribution is 5.85. The zero-order valence-corrected chi connectivity index (χ0v) is 15.7. The van der Waals surface area contributed by atoms with Crippen molar-refractivity contribution < 1.29 is 15.0 Å². The van der Waals surface area contributed by atoms with Crippen molar-refractivity contribution in [2.24, 2.45) is 0 Å². The van der Waals surface area contributed by atoms with Crippen LogP contribution in [-0.4, -0.2) is 77.3 Å². The normalized spacial score (nSPS) is 25.0. The van der Waals surface area contributed by atoms with Gasteiger partial charge in [0.25, 0.3) is 0 Å². The number of amides is 1. The lowest BCUT2D eigenvalue weighted by Crippen LogP contribution is -2.53. The van der Waals surface area contributed by atoms with Crippen molar-refractivity contribution in [3.05, 3.63) is 35.9 Å². The van der Waals surface area contributed by atoms with Crippen LogP contribution >= 0.6 is 24.8 Å². The van der Waals surface area contributed by atoms with E-state index in [-0.39, 0.29) is 36.8 Å². The molecule has 6 nitrogen and oxygen atoms in total. The molecule has 0 aliphatic carbocycles. The molecule has 1 aromatic carbocycles. The SMILES string of the molecule is Cl.Cl.O=C(C1CC(O)CN1)N1CCN(CC(O)c2ccccc2)CC1. The van der Waals surface area contributed by atoms with Gasteiger partial charge >= 0.3 is 0 Å². The molecular formula is C17H27Cl2N3O3. The molecule has 25 heavy (non-hydrogen) atoms. The summed E-state index contributed by atoms with van der Waals surface area (Å²) in [5.41, 5.74) is 0.926. The molecule has 2 aliphatic rings. The van der Waals surface area contributed by atoms with Gasteiger partial charge in [-0.1, -0.05) is 30.3 Å². The zero-order valence-electron chi connectivity index (χ0n) is 14.1. The lowest BCUT2D eigenvalue weighted by Gasteiger charge is -2.36. The van der Waals surface area contributed by atoms with Crippen LogP contribution in [0.2, 0.25) is 0 Å². The Morgan fingerprint density at radius 3 is 2.36 bits per heavy atom. The van der Waals surface area contributed by atoms with E-state index < -0.39 is 12.2 Å². The summed E-state index contributed by atoms with van der Waals surface area (Å²) in [4.78, 5) is 16.4. The number of piperazine rings is 1. The Balaban J connectivity index is 0.00000156. The van der Waals surface area contributed by atoms with Crippen LogP contribution in [0.4, 0.5) is 0 Å². The second kappa shape index (κ2) is 10.3. The van der Waals surface area contributed by atoms with Crippen molar-refractivity contribution in [3.8, 4) is 0 Å². The van der Waals surface area contributed by atoms with Gasteiger partial charge in [-0.05, 0) is 12.0 Å². The molecule has 142 valence electrons. The fourth-order valence-corrected chi connectivity index (χ4v) is 3.30. The number of aliphatic hydroxyl groups excluding tert-OH is 2. The molecular weight excluding hydrogens is 365 g/mol. The number of nitrogens with zero attached hydrogens (tertiary/aromatic N) is 2. The van der Waals surface area contributed by atoms with E-state index in [1.54, 1.807) is 0 Å². The third kappa shape index (κ3) is 5.81. The second-order valence-corrected chi connectivity index (χ2v) is 6.40. The summed E-state index contributed by atoms with van der Waals surface area (Å²) in [6.45, 7) is 3.98. The first-order chi connectivity index (χ1) is 11.1. The molecule has 1 amide bonds. The van der Waals surface area contributed by atoms with Gasteiger partial charge in [0, 0.05) is 39.3 Å². The summed E-state index contributed by atoms with van der Waals surface area (Å²) < 4.78 is 0. The Morgan fingerprint density at radius 1 is 1.16 bits per heavy atom.